The Bertz CT molecular complexity index is 610. The molecule has 0 atom stereocenters. The van der Waals surface area contributed by atoms with Crippen LogP contribution < -0.4 is 10.1 Å². The van der Waals surface area contributed by atoms with Gasteiger partial charge in [-0.25, -0.2) is 0 Å². The minimum absolute atomic E-state index is 0.0375. The van der Waals surface area contributed by atoms with E-state index in [9.17, 15) is 10.1 Å². The number of nitrogens with one attached hydrogen (secondary N) is 1. The summed E-state index contributed by atoms with van der Waals surface area (Å²) >= 11 is 0. The molecule has 0 spiro atoms. The fraction of sp³-hybridized carbons (Fsp3) is 0. The van der Waals surface area contributed by atoms with E-state index in [-0.39, 0.29) is 11.4 Å². The van der Waals surface area contributed by atoms with Crippen molar-refractivity contribution < 1.29 is 9.66 Å². The molecule has 5 heteroatoms. The molecule has 17 heavy (non-hydrogen) atoms. The molecule has 0 radical (unpaired) electrons. The van der Waals surface area contributed by atoms with Gasteiger partial charge in [0.2, 0.25) is 5.75 Å². The third-order valence-corrected chi connectivity index (χ3v) is 2.56. The summed E-state index contributed by atoms with van der Waals surface area (Å²) in [7, 11) is 0. The highest BCUT2D eigenvalue weighted by molar-refractivity contribution is 5.79. The molecule has 0 saturated heterocycles. The van der Waals surface area contributed by atoms with Gasteiger partial charge in [-0.2, -0.15) is 0 Å². The molecule has 0 aliphatic carbocycles. The quantitative estimate of drug-likeness (QED) is 0.511. The number of fused-ring (bicyclic) bond motifs is 2. The Labute approximate surface area is 96.8 Å². The first-order valence-corrected chi connectivity index (χ1v) is 5.07. The van der Waals surface area contributed by atoms with Crippen molar-refractivity contribution in [2.45, 2.75) is 0 Å². The summed E-state index contributed by atoms with van der Waals surface area (Å²) < 4.78 is 5.57. The van der Waals surface area contributed by atoms with Crippen molar-refractivity contribution in [3.8, 4) is 11.5 Å². The van der Waals surface area contributed by atoms with Crippen LogP contribution in [0.3, 0.4) is 0 Å². The minimum Gasteiger partial charge on any atom is -0.446 e. The number of ether oxygens (including phenoxy) is 1. The van der Waals surface area contributed by atoms with Gasteiger partial charge in [0.1, 0.15) is 0 Å². The van der Waals surface area contributed by atoms with Crippen molar-refractivity contribution in [2.75, 3.05) is 5.32 Å². The molecule has 0 aromatic heterocycles. The van der Waals surface area contributed by atoms with E-state index in [0.29, 0.717) is 11.4 Å². The summed E-state index contributed by atoms with van der Waals surface area (Å²) in [5.74, 6) is 0.852. The lowest BCUT2D eigenvalue weighted by Crippen LogP contribution is -2.04. The van der Waals surface area contributed by atoms with Gasteiger partial charge in [-0.1, -0.05) is 18.2 Å². The summed E-state index contributed by atoms with van der Waals surface area (Å²) in [5.41, 5.74) is 1.38. The van der Waals surface area contributed by atoms with Crippen molar-refractivity contribution in [3.63, 3.8) is 0 Å². The number of rotatable bonds is 1. The van der Waals surface area contributed by atoms with Crippen molar-refractivity contribution in [3.05, 3.63) is 52.6 Å². The lowest BCUT2D eigenvalue weighted by molar-refractivity contribution is -0.385. The fourth-order valence-electron chi connectivity index (χ4n) is 1.79. The van der Waals surface area contributed by atoms with E-state index in [2.05, 4.69) is 5.32 Å². The number of nitro benzene ring substituents is 1. The van der Waals surface area contributed by atoms with Gasteiger partial charge < -0.3 is 10.1 Å². The first-order valence-electron chi connectivity index (χ1n) is 5.07. The standard InChI is InChI=1S/C12H8N2O3/c15-14(16)10-6-3-5-9-12(10)17-11-7-2-1-4-8(11)13-9/h1-7,13H. The number of hydrogen-bond acceptors (Lipinski definition) is 4. The zero-order valence-corrected chi connectivity index (χ0v) is 8.71. The van der Waals surface area contributed by atoms with Crippen molar-refractivity contribution in [1.29, 1.82) is 0 Å². The van der Waals surface area contributed by atoms with Gasteiger partial charge in [-0.05, 0) is 18.2 Å². The maximum Gasteiger partial charge on any atom is 0.313 e. The molecule has 1 N–H and O–H groups in total. The number of para-hydroxylation sites is 3. The largest absolute Gasteiger partial charge is 0.446 e. The maximum absolute atomic E-state index is 10.9. The molecule has 1 heterocycles. The first kappa shape index (κ1) is 9.65. The van der Waals surface area contributed by atoms with Gasteiger partial charge in [0.25, 0.3) is 0 Å². The van der Waals surface area contributed by atoms with E-state index < -0.39 is 4.92 Å². The number of nitrogens with zero attached hydrogens (tertiary/aromatic N) is 1. The highest BCUT2D eigenvalue weighted by Crippen LogP contribution is 2.46. The van der Waals surface area contributed by atoms with Gasteiger partial charge in [0, 0.05) is 6.07 Å². The zero-order chi connectivity index (χ0) is 11.8. The second-order valence-electron chi connectivity index (χ2n) is 3.63. The Hall–Kier alpha value is -2.56. The average Bonchev–Trinajstić information content (AvgIpc) is 2.35. The molecule has 1 aliphatic heterocycles. The van der Waals surface area contributed by atoms with E-state index >= 15 is 0 Å². The Morgan fingerprint density at radius 3 is 2.65 bits per heavy atom. The van der Waals surface area contributed by atoms with Gasteiger partial charge in [0.05, 0.1) is 16.3 Å². The summed E-state index contributed by atoms with van der Waals surface area (Å²) in [4.78, 5) is 10.4. The normalized spacial score (nSPS) is 11.8. The Balaban J connectivity index is 2.15. The SMILES string of the molecule is O=[N+]([O-])c1cccc2c1Oc1ccccc1N2. The summed E-state index contributed by atoms with van der Waals surface area (Å²) in [5, 5.41) is 14.0. The van der Waals surface area contributed by atoms with E-state index in [1.807, 2.05) is 18.2 Å². The molecule has 5 nitrogen and oxygen atoms in total. The molecule has 84 valence electrons. The van der Waals surface area contributed by atoms with Crippen LogP contribution in [0.4, 0.5) is 17.1 Å². The zero-order valence-electron chi connectivity index (χ0n) is 8.71. The molecule has 0 saturated carbocycles. The highest BCUT2D eigenvalue weighted by Gasteiger charge is 2.24. The molecule has 0 unspecified atom stereocenters. The number of hydrogen-bond donors (Lipinski definition) is 1. The molecule has 3 rings (SSSR count). The van der Waals surface area contributed by atoms with E-state index in [0.717, 1.165) is 5.69 Å². The molecule has 0 bridgehead atoms. The third kappa shape index (κ3) is 1.48. The first-order chi connectivity index (χ1) is 8.25. The van der Waals surface area contributed by atoms with Crippen LogP contribution >= 0.6 is 0 Å². The number of benzene rings is 2. The van der Waals surface area contributed by atoms with Gasteiger partial charge in [-0.3, -0.25) is 10.1 Å². The van der Waals surface area contributed by atoms with Crippen LogP contribution in [0.2, 0.25) is 0 Å². The van der Waals surface area contributed by atoms with Gasteiger partial charge in [-0.15, -0.1) is 0 Å². The van der Waals surface area contributed by atoms with Crippen LogP contribution in [-0.4, -0.2) is 4.92 Å². The summed E-state index contributed by atoms with van der Waals surface area (Å²) in [6.07, 6.45) is 0. The second-order valence-corrected chi connectivity index (χ2v) is 3.63. The number of nitro groups is 1. The van der Waals surface area contributed by atoms with Crippen LogP contribution in [0.15, 0.2) is 42.5 Å². The van der Waals surface area contributed by atoms with Crippen LogP contribution in [0.1, 0.15) is 0 Å². The third-order valence-electron chi connectivity index (χ3n) is 2.56. The van der Waals surface area contributed by atoms with E-state index in [1.54, 1.807) is 18.2 Å². The minimum atomic E-state index is -0.450. The average molecular weight is 228 g/mol. The van der Waals surface area contributed by atoms with Crippen molar-refractivity contribution in [2.24, 2.45) is 0 Å². The lowest BCUT2D eigenvalue weighted by Gasteiger charge is -2.20. The Kier molecular flexibility index (Phi) is 1.98. The smallest absolute Gasteiger partial charge is 0.313 e. The Morgan fingerprint density at radius 2 is 1.82 bits per heavy atom. The predicted octanol–water partition coefficient (Wildman–Crippen LogP) is 3.44. The van der Waals surface area contributed by atoms with Crippen LogP contribution in [0, 0.1) is 10.1 Å². The van der Waals surface area contributed by atoms with Crippen LogP contribution in [-0.2, 0) is 0 Å². The molecule has 0 fully saturated rings. The molecule has 0 amide bonds. The maximum atomic E-state index is 10.9. The molecule has 2 aromatic carbocycles. The van der Waals surface area contributed by atoms with E-state index in [4.69, 9.17) is 4.74 Å². The highest BCUT2D eigenvalue weighted by atomic mass is 16.6. The number of anilines is 2. The van der Waals surface area contributed by atoms with E-state index in [1.165, 1.54) is 6.07 Å². The van der Waals surface area contributed by atoms with Crippen LogP contribution in [0.5, 0.6) is 11.5 Å². The predicted molar refractivity (Wildman–Crippen MR) is 62.9 cm³/mol. The Morgan fingerprint density at radius 1 is 1.06 bits per heavy atom. The second kappa shape index (κ2) is 3.48. The molecular weight excluding hydrogens is 220 g/mol. The molecule has 1 aliphatic rings. The topological polar surface area (TPSA) is 64.4 Å². The summed E-state index contributed by atoms with van der Waals surface area (Å²) in [6, 6.07) is 12.1. The van der Waals surface area contributed by atoms with Gasteiger partial charge in [0.15, 0.2) is 5.75 Å². The van der Waals surface area contributed by atoms with Crippen molar-refractivity contribution in [1.82, 2.24) is 0 Å². The molecule has 2 aromatic rings. The fourth-order valence-corrected chi connectivity index (χ4v) is 1.79. The van der Waals surface area contributed by atoms with Gasteiger partial charge >= 0.3 is 5.69 Å². The summed E-state index contributed by atoms with van der Waals surface area (Å²) in [6.45, 7) is 0. The molecular formula is C12H8N2O3. The van der Waals surface area contributed by atoms with Crippen molar-refractivity contribution >= 4 is 17.1 Å². The monoisotopic (exact) mass is 228 g/mol. The lowest BCUT2D eigenvalue weighted by atomic mass is 10.2. The van der Waals surface area contributed by atoms with Crippen LogP contribution in [0.25, 0.3) is 0 Å².